The highest BCUT2D eigenvalue weighted by atomic mass is 16.7. The molecule has 1 fully saturated rings. The standard InChI is InChI=1S/C19H25BN2O3/c1-18(2)19(3,4)25-20(24-18)16-12-14(10-11-17(16)23)13-21-22-15-8-6-5-7-9-15/h5-12,21-23H,13H2,1-4H3. The van der Waals surface area contributed by atoms with Crippen LogP contribution in [0.2, 0.25) is 0 Å². The summed E-state index contributed by atoms with van der Waals surface area (Å²) in [6, 6.07) is 15.4. The Kier molecular flexibility index (Phi) is 4.78. The maximum atomic E-state index is 10.2. The van der Waals surface area contributed by atoms with Gasteiger partial charge in [0, 0.05) is 17.7 Å². The number of hydrazine groups is 1. The molecule has 132 valence electrons. The van der Waals surface area contributed by atoms with E-state index >= 15 is 0 Å². The third kappa shape index (κ3) is 3.81. The molecular weight excluding hydrogens is 315 g/mol. The van der Waals surface area contributed by atoms with Crippen molar-refractivity contribution in [2.75, 3.05) is 5.43 Å². The van der Waals surface area contributed by atoms with Crippen LogP contribution in [0.25, 0.3) is 0 Å². The number of aromatic hydroxyl groups is 1. The van der Waals surface area contributed by atoms with E-state index in [0.717, 1.165) is 11.3 Å². The molecular formula is C19H25BN2O3. The third-order valence-electron chi connectivity index (χ3n) is 4.90. The van der Waals surface area contributed by atoms with E-state index in [9.17, 15) is 5.11 Å². The number of benzene rings is 2. The Morgan fingerprint density at radius 1 is 0.960 bits per heavy atom. The summed E-state index contributed by atoms with van der Waals surface area (Å²) in [6.45, 7) is 8.60. The molecule has 1 aliphatic heterocycles. The minimum Gasteiger partial charge on any atom is -0.508 e. The molecule has 0 unspecified atom stereocenters. The van der Waals surface area contributed by atoms with Crippen LogP contribution in [-0.4, -0.2) is 23.4 Å². The predicted octanol–water partition coefficient (Wildman–Crippen LogP) is 2.81. The SMILES string of the molecule is CC1(C)OB(c2cc(CNNc3ccccc3)ccc2O)OC1(C)C. The van der Waals surface area contributed by atoms with Crippen molar-refractivity contribution in [3.63, 3.8) is 0 Å². The first-order chi connectivity index (χ1) is 11.8. The Labute approximate surface area is 149 Å². The first kappa shape index (κ1) is 17.8. The van der Waals surface area contributed by atoms with Crippen molar-refractivity contribution < 1.29 is 14.4 Å². The minimum absolute atomic E-state index is 0.179. The molecule has 1 heterocycles. The fourth-order valence-corrected chi connectivity index (χ4v) is 2.64. The highest BCUT2D eigenvalue weighted by Crippen LogP contribution is 2.37. The van der Waals surface area contributed by atoms with Crippen LogP contribution in [0.4, 0.5) is 5.69 Å². The number of phenols is 1. The van der Waals surface area contributed by atoms with Gasteiger partial charge in [0.25, 0.3) is 0 Å². The van der Waals surface area contributed by atoms with Crippen molar-refractivity contribution in [2.45, 2.75) is 45.4 Å². The molecule has 5 nitrogen and oxygen atoms in total. The van der Waals surface area contributed by atoms with E-state index in [1.807, 2.05) is 70.2 Å². The summed E-state index contributed by atoms with van der Waals surface area (Å²) < 4.78 is 12.1. The van der Waals surface area contributed by atoms with Gasteiger partial charge in [0.15, 0.2) is 0 Å². The average Bonchev–Trinajstić information content (AvgIpc) is 2.78. The molecule has 0 radical (unpaired) electrons. The van der Waals surface area contributed by atoms with Crippen molar-refractivity contribution in [3.05, 3.63) is 54.1 Å². The van der Waals surface area contributed by atoms with E-state index < -0.39 is 18.3 Å². The number of hydrogen-bond donors (Lipinski definition) is 3. The van der Waals surface area contributed by atoms with Gasteiger partial charge in [-0.05, 0) is 51.5 Å². The molecule has 25 heavy (non-hydrogen) atoms. The third-order valence-corrected chi connectivity index (χ3v) is 4.90. The summed E-state index contributed by atoms with van der Waals surface area (Å²) in [5.41, 5.74) is 8.11. The quantitative estimate of drug-likeness (QED) is 0.577. The molecule has 0 aliphatic carbocycles. The van der Waals surface area contributed by atoms with E-state index in [1.165, 1.54) is 0 Å². The maximum Gasteiger partial charge on any atom is 0.498 e. The lowest BCUT2D eigenvalue weighted by Gasteiger charge is -2.32. The topological polar surface area (TPSA) is 62.8 Å². The summed E-state index contributed by atoms with van der Waals surface area (Å²) in [5.74, 6) is 0.179. The second-order valence-corrected chi connectivity index (χ2v) is 7.33. The summed E-state index contributed by atoms with van der Waals surface area (Å²) in [6.07, 6.45) is 0. The number of rotatable bonds is 5. The van der Waals surface area contributed by atoms with Gasteiger partial charge >= 0.3 is 7.12 Å². The molecule has 3 N–H and O–H groups in total. The molecule has 6 heteroatoms. The highest BCUT2D eigenvalue weighted by Gasteiger charge is 2.52. The first-order valence-electron chi connectivity index (χ1n) is 8.50. The first-order valence-corrected chi connectivity index (χ1v) is 8.50. The monoisotopic (exact) mass is 340 g/mol. The smallest absolute Gasteiger partial charge is 0.498 e. The van der Waals surface area contributed by atoms with Gasteiger partial charge in [-0.3, -0.25) is 0 Å². The molecule has 2 aromatic rings. The molecule has 3 rings (SSSR count). The fraction of sp³-hybridized carbons (Fsp3) is 0.368. The number of phenolic OH excluding ortho intramolecular Hbond substituents is 1. The van der Waals surface area contributed by atoms with Crippen LogP contribution in [0.5, 0.6) is 5.75 Å². The molecule has 0 aromatic heterocycles. The van der Waals surface area contributed by atoms with Crippen molar-refractivity contribution in [1.82, 2.24) is 5.43 Å². The zero-order valence-corrected chi connectivity index (χ0v) is 15.2. The number of hydrogen-bond acceptors (Lipinski definition) is 5. The Morgan fingerprint density at radius 3 is 2.24 bits per heavy atom. The van der Waals surface area contributed by atoms with Crippen LogP contribution in [-0.2, 0) is 15.9 Å². The van der Waals surface area contributed by atoms with Gasteiger partial charge in [0.2, 0.25) is 0 Å². The minimum atomic E-state index is -0.577. The van der Waals surface area contributed by atoms with Gasteiger partial charge in [-0.2, -0.15) is 0 Å². The molecule has 0 bridgehead atoms. The van der Waals surface area contributed by atoms with E-state index in [0.29, 0.717) is 12.0 Å². The lowest BCUT2D eigenvalue weighted by atomic mass is 9.77. The molecule has 0 atom stereocenters. The fourth-order valence-electron chi connectivity index (χ4n) is 2.64. The summed E-state index contributed by atoms with van der Waals surface area (Å²) in [4.78, 5) is 0. The maximum absolute atomic E-state index is 10.2. The average molecular weight is 340 g/mol. The van der Waals surface area contributed by atoms with Gasteiger partial charge < -0.3 is 19.8 Å². The van der Waals surface area contributed by atoms with Crippen LogP contribution in [0, 0.1) is 0 Å². The summed E-state index contributed by atoms with van der Waals surface area (Å²) >= 11 is 0. The van der Waals surface area contributed by atoms with Gasteiger partial charge in [0.05, 0.1) is 11.2 Å². The zero-order valence-electron chi connectivity index (χ0n) is 15.2. The van der Waals surface area contributed by atoms with E-state index in [1.54, 1.807) is 6.07 Å². The van der Waals surface area contributed by atoms with Crippen molar-refractivity contribution in [3.8, 4) is 5.75 Å². The Bertz CT molecular complexity index is 719. The van der Waals surface area contributed by atoms with Crippen LogP contribution >= 0.6 is 0 Å². The second-order valence-electron chi connectivity index (χ2n) is 7.33. The Balaban J connectivity index is 1.69. The predicted molar refractivity (Wildman–Crippen MR) is 101 cm³/mol. The number of nitrogens with one attached hydrogen (secondary N) is 2. The van der Waals surface area contributed by atoms with Crippen LogP contribution in [0.15, 0.2) is 48.5 Å². The van der Waals surface area contributed by atoms with Gasteiger partial charge in [-0.25, -0.2) is 5.43 Å². The lowest BCUT2D eigenvalue weighted by Crippen LogP contribution is -2.41. The lowest BCUT2D eigenvalue weighted by molar-refractivity contribution is 0.00578. The van der Waals surface area contributed by atoms with Crippen LogP contribution in [0.3, 0.4) is 0 Å². The molecule has 0 amide bonds. The highest BCUT2D eigenvalue weighted by molar-refractivity contribution is 6.63. The van der Waals surface area contributed by atoms with E-state index in [-0.39, 0.29) is 5.75 Å². The van der Waals surface area contributed by atoms with Gasteiger partial charge in [0.1, 0.15) is 5.75 Å². The molecule has 2 aromatic carbocycles. The van der Waals surface area contributed by atoms with Gasteiger partial charge in [-0.15, -0.1) is 0 Å². The summed E-state index contributed by atoms with van der Waals surface area (Å²) in [7, 11) is -0.577. The summed E-state index contributed by atoms with van der Waals surface area (Å²) in [5, 5.41) is 10.2. The Hall–Kier alpha value is -2.02. The Morgan fingerprint density at radius 2 is 1.60 bits per heavy atom. The molecule has 0 spiro atoms. The van der Waals surface area contributed by atoms with Crippen LogP contribution in [0.1, 0.15) is 33.3 Å². The van der Waals surface area contributed by atoms with E-state index in [4.69, 9.17) is 9.31 Å². The normalized spacial score (nSPS) is 18.3. The zero-order chi connectivity index (χ0) is 18.1. The van der Waals surface area contributed by atoms with Crippen molar-refractivity contribution >= 4 is 18.3 Å². The van der Waals surface area contributed by atoms with Crippen LogP contribution < -0.4 is 16.3 Å². The molecule has 1 aliphatic rings. The second kappa shape index (κ2) is 6.71. The van der Waals surface area contributed by atoms with Crippen molar-refractivity contribution in [1.29, 1.82) is 0 Å². The number of para-hydroxylation sites is 1. The van der Waals surface area contributed by atoms with Crippen molar-refractivity contribution in [2.24, 2.45) is 0 Å². The van der Waals surface area contributed by atoms with Gasteiger partial charge in [-0.1, -0.05) is 30.3 Å². The largest absolute Gasteiger partial charge is 0.508 e. The molecule has 0 saturated carbocycles. The number of anilines is 1. The van der Waals surface area contributed by atoms with E-state index in [2.05, 4.69) is 10.9 Å². The molecule has 1 saturated heterocycles.